The number of thiophene rings is 1. The maximum absolute atomic E-state index is 9.39. The minimum absolute atomic E-state index is 0.0997. The van der Waals surface area contributed by atoms with Gasteiger partial charge in [0.25, 0.3) is 0 Å². The third-order valence-electron chi connectivity index (χ3n) is 5.07. The van der Waals surface area contributed by atoms with Crippen LogP contribution in [-0.4, -0.2) is 45.4 Å². The molecule has 0 bridgehead atoms. The highest BCUT2D eigenvalue weighted by molar-refractivity contribution is 7.26. The predicted molar refractivity (Wildman–Crippen MR) is 105 cm³/mol. The number of likely N-dealkylation sites (N-methyl/N-ethyl adjacent to an activating group) is 1. The zero-order chi connectivity index (χ0) is 18.5. The van der Waals surface area contributed by atoms with Crippen molar-refractivity contribution in [2.45, 2.75) is 46.3 Å². The summed E-state index contributed by atoms with van der Waals surface area (Å²) in [5, 5.41) is 10.5. The number of nitrogens with zero attached hydrogens (tertiary/aromatic N) is 4. The normalized spacial score (nSPS) is 16.2. The fraction of sp³-hybridized carbons (Fsp3) is 0.526. The summed E-state index contributed by atoms with van der Waals surface area (Å²) in [5.41, 5.74) is 4.31. The average Bonchev–Trinajstić information content (AvgIpc) is 2.97. The molecule has 0 saturated heterocycles. The number of aromatic nitrogens is 3. The molecule has 0 atom stereocenters. The first-order valence-electron chi connectivity index (χ1n) is 9.00. The van der Waals surface area contributed by atoms with Crippen LogP contribution in [0.1, 0.15) is 37.6 Å². The molecular formula is C19H24N4O2S. The molecule has 0 amide bonds. The second-order valence-electron chi connectivity index (χ2n) is 7.34. The van der Waals surface area contributed by atoms with Gasteiger partial charge in [-0.1, -0.05) is 0 Å². The Labute approximate surface area is 156 Å². The largest absolute Gasteiger partial charge is 0.395 e. The predicted octanol–water partition coefficient (Wildman–Crippen LogP) is 3.22. The highest BCUT2D eigenvalue weighted by Gasteiger charge is 2.31. The average molecular weight is 372 g/mol. The van der Waals surface area contributed by atoms with E-state index in [4.69, 9.17) is 9.72 Å². The number of hydrogen-bond acceptors (Lipinski definition) is 7. The number of rotatable bonds is 4. The fourth-order valence-electron chi connectivity index (χ4n) is 3.72. The molecule has 1 aliphatic rings. The molecule has 0 radical (unpaired) electrons. The minimum Gasteiger partial charge on any atom is -0.395 e. The fourth-order valence-corrected chi connectivity index (χ4v) is 4.94. The number of anilines is 1. The maximum atomic E-state index is 9.39. The van der Waals surface area contributed by atoms with Crippen LogP contribution in [-0.2, 0) is 17.8 Å². The zero-order valence-corrected chi connectivity index (χ0v) is 16.5. The van der Waals surface area contributed by atoms with Crippen molar-refractivity contribution in [3.05, 3.63) is 23.1 Å². The lowest BCUT2D eigenvalue weighted by atomic mass is 9.89. The molecule has 138 valence electrons. The lowest BCUT2D eigenvalue weighted by Gasteiger charge is -2.32. The Bertz CT molecular complexity index is 983. The van der Waals surface area contributed by atoms with E-state index in [9.17, 15) is 5.11 Å². The quantitative estimate of drug-likeness (QED) is 0.758. The molecule has 6 nitrogen and oxygen atoms in total. The van der Waals surface area contributed by atoms with Crippen LogP contribution >= 0.6 is 11.3 Å². The van der Waals surface area contributed by atoms with Crippen molar-refractivity contribution in [2.75, 3.05) is 24.6 Å². The molecule has 0 aliphatic carbocycles. The van der Waals surface area contributed by atoms with Crippen LogP contribution in [0.25, 0.3) is 20.4 Å². The van der Waals surface area contributed by atoms with Crippen LogP contribution in [0.2, 0.25) is 0 Å². The van der Waals surface area contributed by atoms with Gasteiger partial charge < -0.3 is 14.7 Å². The number of ether oxygens (including phenoxy) is 1. The summed E-state index contributed by atoms with van der Waals surface area (Å²) in [5.74, 6) is 0.882. The first kappa shape index (κ1) is 17.6. The Balaban J connectivity index is 2.01. The summed E-state index contributed by atoms with van der Waals surface area (Å²) in [4.78, 5) is 17.1. The zero-order valence-electron chi connectivity index (χ0n) is 15.7. The molecule has 3 aromatic heterocycles. The number of fused-ring (bicyclic) bond motifs is 5. The van der Waals surface area contributed by atoms with Gasteiger partial charge in [0, 0.05) is 36.2 Å². The SMILES string of the molecule is CCN(CCO)c1ncnc2c1sc1nc(C)c3c(c12)CC(C)(C)OC3. The van der Waals surface area contributed by atoms with E-state index in [1.54, 1.807) is 17.7 Å². The topological polar surface area (TPSA) is 71.4 Å². The standard InChI is InChI=1S/C19H24N4O2S/c1-5-23(6-7-24)17-16-15(20-10-21-17)14-12-8-19(3,4)25-9-13(12)11(2)22-18(14)26-16/h10,24H,5-9H2,1-4H3. The first-order valence-corrected chi connectivity index (χ1v) is 9.82. The molecule has 3 aromatic rings. The summed E-state index contributed by atoms with van der Waals surface area (Å²) in [6, 6.07) is 0. The molecular weight excluding hydrogens is 348 g/mol. The highest BCUT2D eigenvalue weighted by Crippen LogP contribution is 2.42. The Kier molecular flexibility index (Phi) is 4.33. The smallest absolute Gasteiger partial charge is 0.150 e. The third-order valence-corrected chi connectivity index (χ3v) is 6.14. The summed E-state index contributed by atoms with van der Waals surface area (Å²) < 4.78 is 7.06. The van der Waals surface area contributed by atoms with Crippen LogP contribution < -0.4 is 4.90 Å². The van der Waals surface area contributed by atoms with E-state index in [2.05, 4.69) is 42.6 Å². The summed E-state index contributed by atoms with van der Waals surface area (Å²) in [6.07, 6.45) is 2.47. The van der Waals surface area contributed by atoms with E-state index in [1.165, 1.54) is 11.1 Å². The van der Waals surface area contributed by atoms with Crippen molar-refractivity contribution in [1.82, 2.24) is 15.0 Å². The molecule has 4 rings (SSSR count). The molecule has 0 aromatic carbocycles. The molecule has 0 fully saturated rings. The molecule has 0 unspecified atom stereocenters. The van der Waals surface area contributed by atoms with Gasteiger partial charge in [0.2, 0.25) is 0 Å². The van der Waals surface area contributed by atoms with Crippen LogP contribution in [0.15, 0.2) is 6.33 Å². The van der Waals surface area contributed by atoms with Crippen LogP contribution in [0.5, 0.6) is 0 Å². The van der Waals surface area contributed by atoms with E-state index < -0.39 is 0 Å². The summed E-state index contributed by atoms with van der Waals surface area (Å²) >= 11 is 1.64. The Hall–Kier alpha value is -1.83. The molecule has 1 aliphatic heterocycles. The minimum atomic E-state index is -0.190. The van der Waals surface area contributed by atoms with E-state index in [0.717, 1.165) is 44.9 Å². The number of aliphatic hydroxyl groups excluding tert-OH is 1. The van der Waals surface area contributed by atoms with Gasteiger partial charge in [-0.15, -0.1) is 11.3 Å². The first-order chi connectivity index (χ1) is 12.4. The number of aryl methyl sites for hydroxylation is 1. The maximum Gasteiger partial charge on any atom is 0.150 e. The van der Waals surface area contributed by atoms with Gasteiger partial charge in [-0.3, -0.25) is 0 Å². The Morgan fingerprint density at radius 2 is 2.12 bits per heavy atom. The van der Waals surface area contributed by atoms with Gasteiger partial charge >= 0.3 is 0 Å². The van der Waals surface area contributed by atoms with Crippen LogP contribution in [0.4, 0.5) is 5.82 Å². The molecule has 0 saturated carbocycles. The van der Waals surface area contributed by atoms with E-state index in [1.807, 2.05) is 0 Å². The van der Waals surface area contributed by atoms with E-state index in [0.29, 0.717) is 13.2 Å². The molecule has 1 N–H and O–H groups in total. The summed E-state index contributed by atoms with van der Waals surface area (Å²) in [7, 11) is 0. The molecule has 0 spiro atoms. The monoisotopic (exact) mass is 372 g/mol. The number of aliphatic hydroxyl groups is 1. The van der Waals surface area contributed by atoms with Crippen molar-refractivity contribution in [2.24, 2.45) is 0 Å². The van der Waals surface area contributed by atoms with E-state index >= 15 is 0 Å². The molecule has 7 heteroatoms. The lowest BCUT2D eigenvalue weighted by Crippen LogP contribution is -2.32. The molecule has 26 heavy (non-hydrogen) atoms. The van der Waals surface area contributed by atoms with Crippen molar-refractivity contribution < 1.29 is 9.84 Å². The molecule has 4 heterocycles. The third kappa shape index (κ3) is 2.74. The summed E-state index contributed by atoms with van der Waals surface area (Å²) in [6.45, 7) is 10.4. The van der Waals surface area contributed by atoms with Crippen molar-refractivity contribution in [3.63, 3.8) is 0 Å². The van der Waals surface area contributed by atoms with Gasteiger partial charge in [-0.05, 0) is 33.3 Å². The second-order valence-corrected chi connectivity index (χ2v) is 8.34. The Morgan fingerprint density at radius 3 is 2.85 bits per heavy atom. The van der Waals surface area contributed by atoms with Gasteiger partial charge in [-0.25, -0.2) is 15.0 Å². The van der Waals surface area contributed by atoms with Gasteiger partial charge in [0.05, 0.1) is 29.0 Å². The van der Waals surface area contributed by atoms with Crippen molar-refractivity contribution >= 4 is 37.6 Å². The second kappa shape index (κ2) is 6.40. The number of hydrogen-bond donors (Lipinski definition) is 1. The van der Waals surface area contributed by atoms with E-state index in [-0.39, 0.29) is 12.2 Å². The Morgan fingerprint density at radius 1 is 1.31 bits per heavy atom. The van der Waals surface area contributed by atoms with Gasteiger partial charge in [-0.2, -0.15) is 0 Å². The highest BCUT2D eigenvalue weighted by atomic mass is 32.1. The lowest BCUT2D eigenvalue weighted by molar-refractivity contribution is -0.0400. The number of pyridine rings is 1. The van der Waals surface area contributed by atoms with Crippen LogP contribution in [0, 0.1) is 6.92 Å². The van der Waals surface area contributed by atoms with Crippen molar-refractivity contribution in [1.29, 1.82) is 0 Å². The van der Waals surface area contributed by atoms with Gasteiger partial charge in [0.15, 0.2) is 0 Å². The van der Waals surface area contributed by atoms with Crippen LogP contribution in [0.3, 0.4) is 0 Å². The van der Waals surface area contributed by atoms with Crippen molar-refractivity contribution in [3.8, 4) is 0 Å². The van der Waals surface area contributed by atoms with Gasteiger partial charge in [0.1, 0.15) is 17.0 Å².